The van der Waals surface area contributed by atoms with E-state index in [1.54, 1.807) is 12.3 Å². The maximum Gasteiger partial charge on any atom is 0.198 e. The zero-order valence-electron chi connectivity index (χ0n) is 3.05. The largest absolute Gasteiger partial charge is 0.234 e. The average molecular weight is 78.1 g/mol. The molecular formula is C4H2N2. The summed E-state index contributed by atoms with van der Waals surface area (Å²) in [6.07, 6.45) is 6.44. The fraction of sp³-hybridized carbons (Fsp3) is 0. The van der Waals surface area contributed by atoms with Crippen LogP contribution in [0.1, 0.15) is 0 Å². The van der Waals surface area contributed by atoms with E-state index in [1.165, 1.54) is 0 Å². The van der Waals surface area contributed by atoms with Gasteiger partial charge in [0.1, 0.15) is 0 Å². The number of aromatic nitrogens is 2. The molecule has 0 amide bonds. The lowest BCUT2D eigenvalue weighted by Gasteiger charge is -1.67. The van der Waals surface area contributed by atoms with Crippen LogP contribution in [0.4, 0.5) is 0 Å². The van der Waals surface area contributed by atoms with Crippen molar-refractivity contribution in [1.82, 2.24) is 9.97 Å². The molecule has 0 fully saturated rings. The van der Waals surface area contributed by atoms with E-state index in [0.29, 0.717) is 0 Å². The molecular weight excluding hydrogens is 76.1 g/mol. The molecule has 0 N–H and O–H groups in total. The second-order valence-corrected chi connectivity index (χ2v) is 0.786. The first-order chi connectivity index (χ1) is 3.00. The SMILES string of the molecule is [c]1ccn[c]n1. The van der Waals surface area contributed by atoms with Gasteiger partial charge in [-0.2, -0.15) is 0 Å². The van der Waals surface area contributed by atoms with E-state index < -0.39 is 0 Å². The molecule has 0 saturated carbocycles. The van der Waals surface area contributed by atoms with Crippen molar-refractivity contribution in [2.24, 2.45) is 0 Å². The van der Waals surface area contributed by atoms with Crippen LogP contribution in [0.5, 0.6) is 0 Å². The third-order valence-corrected chi connectivity index (χ3v) is 0.396. The first kappa shape index (κ1) is 3.28. The molecule has 6 heavy (non-hydrogen) atoms. The summed E-state index contributed by atoms with van der Waals surface area (Å²) in [5.74, 6) is 0. The molecule has 2 nitrogen and oxygen atoms in total. The molecule has 1 aromatic rings. The Labute approximate surface area is 35.9 Å². The Hall–Kier alpha value is -0.920. The van der Waals surface area contributed by atoms with E-state index in [9.17, 15) is 0 Å². The molecule has 2 radical (unpaired) electrons. The van der Waals surface area contributed by atoms with Crippen molar-refractivity contribution >= 4 is 0 Å². The van der Waals surface area contributed by atoms with Crippen LogP contribution in [0, 0.1) is 12.5 Å². The summed E-state index contributed by atoms with van der Waals surface area (Å²) in [5, 5.41) is 0. The van der Waals surface area contributed by atoms with Crippen LogP contribution >= 0.6 is 0 Å². The first-order valence-electron chi connectivity index (χ1n) is 1.55. The van der Waals surface area contributed by atoms with E-state index >= 15 is 0 Å². The summed E-state index contributed by atoms with van der Waals surface area (Å²) in [6.45, 7) is 0. The van der Waals surface area contributed by atoms with Gasteiger partial charge in [0, 0.05) is 6.20 Å². The first-order valence-corrected chi connectivity index (χ1v) is 1.55. The van der Waals surface area contributed by atoms with Gasteiger partial charge in [0.25, 0.3) is 0 Å². The number of rotatable bonds is 0. The molecule has 0 saturated heterocycles. The molecule has 0 unspecified atom stereocenters. The van der Waals surface area contributed by atoms with Crippen LogP contribution in [0.2, 0.25) is 0 Å². The number of nitrogens with zero attached hydrogens (tertiary/aromatic N) is 2. The molecule has 0 aliphatic rings. The molecule has 1 aromatic heterocycles. The lowest BCUT2D eigenvalue weighted by atomic mass is 10.7. The lowest BCUT2D eigenvalue weighted by Crippen LogP contribution is -1.69. The number of hydrogen-bond donors (Lipinski definition) is 0. The Morgan fingerprint density at radius 2 is 2.50 bits per heavy atom. The smallest absolute Gasteiger partial charge is 0.198 e. The summed E-state index contributed by atoms with van der Waals surface area (Å²) in [4.78, 5) is 6.94. The highest BCUT2D eigenvalue weighted by Gasteiger charge is 1.62. The Bertz CT molecular complexity index is 77.5. The highest BCUT2D eigenvalue weighted by Crippen LogP contribution is 1.64. The standard InChI is InChI=1S/C4H2N2/c1-2-5-4-6-3-1/h1-2H. The summed E-state index contributed by atoms with van der Waals surface area (Å²) in [5.41, 5.74) is 0. The number of hydrogen-bond acceptors (Lipinski definition) is 2. The van der Waals surface area contributed by atoms with Crippen molar-refractivity contribution in [2.75, 3.05) is 0 Å². The summed E-state index contributed by atoms with van der Waals surface area (Å²) in [7, 11) is 0. The molecule has 0 spiro atoms. The fourth-order valence-electron chi connectivity index (χ4n) is 0.199. The van der Waals surface area contributed by atoms with E-state index in [-0.39, 0.29) is 0 Å². The van der Waals surface area contributed by atoms with Gasteiger partial charge in [-0.15, -0.1) is 0 Å². The van der Waals surface area contributed by atoms with Gasteiger partial charge in [0.05, 0.1) is 6.20 Å². The third-order valence-electron chi connectivity index (χ3n) is 0.396. The molecule has 0 atom stereocenters. The minimum atomic E-state index is 1.58. The van der Waals surface area contributed by atoms with Crippen molar-refractivity contribution in [3.63, 3.8) is 0 Å². The van der Waals surface area contributed by atoms with Gasteiger partial charge >= 0.3 is 0 Å². The minimum absolute atomic E-state index is 1.58. The van der Waals surface area contributed by atoms with E-state index in [0.717, 1.165) is 0 Å². The molecule has 0 aliphatic heterocycles. The Morgan fingerprint density at radius 1 is 1.50 bits per heavy atom. The van der Waals surface area contributed by atoms with Crippen LogP contribution in [-0.2, 0) is 0 Å². The van der Waals surface area contributed by atoms with E-state index in [1.807, 2.05) is 0 Å². The Kier molecular flexibility index (Phi) is 0.819. The van der Waals surface area contributed by atoms with Gasteiger partial charge in [-0.1, -0.05) is 0 Å². The predicted octanol–water partition coefficient (Wildman–Crippen LogP) is 0.0770. The van der Waals surface area contributed by atoms with Gasteiger partial charge in [-0.3, -0.25) is 0 Å². The molecule has 0 bridgehead atoms. The van der Waals surface area contributed by atoms with Crippen molar-refractivity contribution in [3.05, 3.63) is 24.8 Å². The van der Waals surface area contributed by atoms with Crippen molar-refractivity contribution in [2.45, 2.75) is 0 Å². The lowest BCUT2D eigenvalue weighted by molar-refractivity contribution is 1.14. The van der Waals surface area contributed by atoms with Crippen LogP contribution in [-0.4, -0.2) is 9.97 Å². The highest BCUT2D eigenvalue weighted by atomic mass is 14.8. The van der Waals surface area contributed by atoms with Crippen molar-refractivity contribution < 1.29 is 0 Å². The molecule has 0 aliphatic carbocycles. The van der Waals surface area contributed by atoms with Crippen molar-refractivity contribution in [1.29, 1.82) is 0 Å². The summed E-state index contributed by atoms with van der Waals surface area (Å²) < 4.78 is 0. The maximum atomic E-state index is 3.52. The minimum Gasteiger partial charge on any atom is -0.234 e. The second kappa shape index (κ2) is 1.50. The summed E-state index contributed by atoms with van der Waals surface area (Å²) in [6, 6.07) is 1.62. The van der Waals surface area contributed by atoms with E-state index in [2.05, 4.69) is 22.5 Å². The maximum absolute atomic E-state index is 3.52. The average Bonchev–Trinajstić information content (AvgIpc) is 1.72. The van der Waals surface area contributed by atoms with Gasteiger partial charge in [0.15, 0.2) is 6.33 Å². The summed E-state index contributed by atoms with van der Waals surface area (Å²) >= 11 is 0. The zero-order valence-corrected chi connectivity index (χ0v) is 3.05. The fourth-order valence-corrected chi connectivity index (χ4v) is 0.199. The molecule has 0 aromatic carbocycles. The quantitative estimate of drug-likeness (QED) is 0.439. The van der Waals surface area contributed by atoms with Crippen LogP contribution in [0.15, 0.2) is 12.3 Å². The van der Waals surface area contributed by atoms with Gasteiger partial charge in [-0.05, 0) is 6.07 Å². The van der Waals surface area contributed by atoms with Crippen LogP contribution < -0.4 is 0 Å². The second-order valence-electron chi connectivity index (χ2n) is 0.786. The molecule has 28 valence electrons. The monoisotopic (exact) mass is 78.0 g/mol. The molecule has 1 heterocycles. The third kappa shape index (κ3) is 0.516. The van der Waals surface area contributed by atoms with Crippen LogP contribution in [0.25, 0.3) is 0 Å². The molecule has 2 heteroatoms. The van der Waals surface area contributed by atoms with Crippen molar-refractivity contribution in [3.8, 4) is 0 Å². The zero-order chi connectivity index (χ0) is 4.24. The van der Waals surface area contributed by atoms with E-state index in [4.69, 9.17) is 0 Å². The Balaban J connectivity index is 3.00. The predicted molar refractivity (Wildman–Crippen MR) is 19.7 cm³/mol. The molecule has 1 rings (SSSR count). The van der Waals surface area contributed by atoms with Crippen LogP contribution in [0.3, 0.4) is 0 Å². The normalized spacial score (nSPS) is 8.00. The van der Waals surface area contributed by atoms with Gasteiger partial charge < -0.3 is 0 Å². The van der Waals surface area contributed by atoms with Gasteiger partial charge in [-0.25, -0.2) is 9.97 Å². The Morgan fingerprint density at radius 3 is 2.67 bits per heavy atom. The topological polar surface area (TPSA) is 25.8 Å². The van der Waals surface area contributed by atoms with Gasteiger partial charge in [0.2, 0.25) is 0 Å². The highest BCUT2D eigenvalue weighted by molar-refractivity contribution is 4.71.